The Balaban J connectivity index is 0.000000269. The molecule has 0 aliphatic rings. The van der Waals surface area contributed by atoms with Crippen LogP contribution in [0.25, 0.3) is 54.7 Å². The number of ketones is 1. The van der Waals surface area contributed by atoms with Gasteiger partial charge >= 0.3 is 0 Å². The van der Waals surface area contributed by atoms with E-state index in [0.717, 1.165) is 59.8 Å². The summed E-state index contributed by atoms with van der Waals surface area (Å²) in [5.41, 5.74) is 4.85. The van der Waals surface area contributed by atoms with E-state index in [-0.39, 0.29) is 42.5 Å². The van der Waals surface area contributed by atoms with Crippen molar-refractivity contribution in [3.8, 4) is 11.3 Å². The van der Waals surface area contributed by atoms with Gasteiger partial charge in [0, 0.05) is 60.5 Å². The number of aliphatic hydroxyl groups is 1. The first-order valence-corrected chi connectivity index (χ1v) is 17.9. The van der Waals surface area contributed by atoms with Crippen molar-refractivity contribution >= 4 is 49.3 Å². The molecule has 0 spiro atoms. The zero-order valence-corrected chi connectivity index (χ0v) is 33.5. The first-order valence-electron chi connectivity index (χ1n) is 17.9. The van der Waals surface area contributed by atoms with Crippen LogP contribution in [0, 0.1) is 22.8 Å². The molecule has 4 aromatic carbocycles. The van der Waals surface area contributed by atoms with Crippen molar-refractivity contribution in [1.29, 1.82) is 0 Å². The molecule has 265 valence electrons. The third-order valence-electron chi connectivity index (χ3n) is 11.0. The second-order valence-electron chi connectivity index (χ2n) is 14.5. The SMILES string of the molecule is CC(C)Cc1cc(-c2ncnc3c2c2cc4ccccc4cc2n3C)[c-]c2ccccc12.CCC(C)(CC)C(=O)/C=C(\O)C(C)(CC)CC.[Ir]. The van der Waals surface area contributed by atoms with Gasteiger partial charge in [-0.1, -0.05) is 109 Å². The summed E-state index contributed by atoms with van der Waals surface area (Å²) in [7, 11) is 2.09. The molecule has 0 saturated carbocycles. The number of aryl methyl sites for hydroxylation is 1. The average Bonchev–Trinajstić information content (AvgIpc) is 3.40. The molecule has 0 fully saturated rings. The maximum absolute atomic E-state index is 12.2. The van der Waals surface area contributed by atoms with Crippen LogP contribution in [-0.4, -0.2) is 25.4 Å². The summed E-state index contributed by atoms with van der Waals surface area (Å²) in [4.78, 5) is 21.6. The maximum atomic E-state index is 12.2. The van der Waals surface area contributed by atoms with Gasteiger partial charge in [-0.25, -0.2) is 4.98 Å². The van der Waals surface area contributed by atoms with Crippen LogP contribution in [-0.2, 0) is 38.4 Å². The van der Waals surface area contributed by atoms with Crippen LogP contribution in [0.2, 0.25) is 0 Å². The number of carbonyl (C=O) groups is 1. The van der Waals surface area contributed by atoms with Crippen molar-refractivity contribution in [1.82, 2.24) is 14.5 Å². The van der Waals surface area contributed by atoms with Gasteiger partial charge in [0.25, 0.3) is 0 Å². The summed E-state index contributed by atoms with van der Waals surface area (Å²) < 4.78 is 2.18. The van der Waals surface area contributed by atoms with E-state index >= 15 is 0 Å². The predicted molar refractivity (Wildman–Crippen MR) is 207 cm³/mol. The quantitative estimate of drug-likeness (QED) is 0.0847. The molecule has 50 heavy (non-hydrogen) atoms. The Morgan fingerprint density at radius 1 is 0.860 bits per heavy atom. The van der Waals surface area contributed by atoms with Gasteiger partial charge in [0.15, 0.2) is 5.78 Å². The molecule has 1 N–H and O–H groups in total. The van der Waals surface area contributed by atoms with Gasteiger partial charge in [-0.2, -0.15) is 0 Å². The molecule has 6 aromatic rings. The molecule has 6 rings (SSSR count). The third kappa shape index (κ3) is 7.57. The van der Waals surface area contributed by atoms with Crippen molar-refractivity contribution in [3.63, 3.8) is 0 Å². The fourth-order valence-corrected chi connectivity index (χ4v) is 6.63. The first-order chi connectivity index (χ1) is 23.4. The molecule has 6 heteroatoms. The van der Waals surface area contributed by atoms with E-state index in [0.29, 0.717) is 5.92 Å². The number of fused-ring (bicyclic) bond motifs is 5. The van der Waals surface area contributed by atoms with Gasteiger partial charge in [0.2, 0.25) is 0 Å². The number of hydrogen-bond donors (Lipinski definition) is 1. The van der Waals surface area contributed by atoms with E-state index < -0.39 is 0 Å². The summed E-state index contributed by atoms with van der Waals surface area (Å²) in [6, 6.07) is 27.5. The second-order valence-corrected chi connectivity index (χ2v) is 14.5. The van der Waals surface area contributed by atoms with Crippen molar-refractivity contribution in [2.75, 3.05) is 0 Å². The molecular weight excluding hydrogens is 795 g/mol. The molecule has 0 bridgehead atoms. The van der Waals surface area contributed by atoms with Crippen LogP contribution in [0.3, 0.4) is 0 Å². The zero-order valence-electron chi connectivity index (χ0n) is 31.1. The molecule has 2 heterocycles. The molecule has 1 radical (unpaired) electrons. The van der Waals surface area contributed by atoms with Gasteiger partial charge in [-0.3, -0.25) is 9.78 Å². The summed E-state index contributed by atoms with van der Waals surface area (Å²) in [5.74, 6) is 0.858. The Labute approximate surface area is 311 Å². The molecule has 2 aromatic heterocycles. The molecule has 0 aliphatic carbocycles. The molecule has 0 unspecified atom stereocenters. The Hall–Kier alpha value is -3.86. The summed E-state index contributed by atoms with van der Waals surface area (Å²) in [6.45, 7) is 16.6. The fraction of sp³-hybridized carbons (Fsp3) is 0.386. The fourth-order valence-electron chi connectivity index (χ4n) is 6.63. The topological polar surface area (TPSA) is 68.0 Å². The smallest absolute Gasteiger partial charge is 0.164 e. The van der Waals surface area contributed by atoms with E-state index in [2.05, 4.69) is 103 Å². The number of aliphatic hydroxyl groups excluding tert-OH is 1. The second kappa shape index (κ2) is 16.0. The zero-order chi connectivity index (χ0) is 35.5. The van der Waals surface area contributed by atoms with Crippen LogP contribution in [0.4, 0.5) is 0 Å². The third-order valence-corrected chi connectivity index (χ3v) is 11.0. The summed E-state index contributed by atoms with van der Waals surface area (Å²) in [6.07, 6.45) is 7.46. The Bertz CT molecular complexity index is 2150. The minimum absolute atomic E-state index is 0. The van der Waals surface area contributed by atoms with Crippen LogP contribution in [0.5, 0.6) is 0 Å². The number of carbonyl (C=O) groups excluding carboxylic acids is 1. The van der Waals surface area contributed by atoms with Gasteiger partial charge < -0.3 is 9.67 Å². The Kier molecular flexibility index (Phi) is 12.5. The number of nitrogens with zero attached hydrogens (tertiary/aromatic N) is 3. The first kappa shape index (κ1) is 38.9. The molecule has 0 saturated heterocycles. The van der Waals surface area contributed by atoms with E-state index in [1.807, 2.05) is 41.5 Å². The van der Waals surface area contributed by atoms with Crippen LogP contribution < -0.4 is 0 Å². The predicted octanol–water partition coefficient (Wildman–Crippen LogP) is 11.7. The monoisotopic (exact) mass is 847 g/mol. The summed E-state index contributed by atoms with van der Waals surface area (Å²) >= 11 is 0. The van der Waals surface area contributed by atoms with Gasteiger partial charge in [0.1, 0.15) is 17.7 Å². The standard InChI is InChI=1S/C29H24N3.C15H28O2.Ir/c1-18(2)12-22-14-23(13-21-10-6-7-11-24(21)22)28-27-25-15-19-8-4-5-9-20(19)16-26(25)32(3)29(27)31-17-30-28;1-7-14(5,8-2)12(16)11-13(17)15(6,9-3)10-4;/h4-11,14-18H,12H2,1-3H3;11,16H,7-10H2,1-6H3;/q-1;;/b;12-11-;. The number of hydrogen-bond acceptors (Lipinski definition) is 4. The minimum atomic E-state index is -0.337. The van der Waals surface area contributed by atoms with Gasteiger partial charge in [-0.15, -0.1) is 29.1 Å². The summed E-state index contributed by atoms with van der Waals surface area (Å²) in [5, 5.41) is 17.3. The maximum Gasteiger partial charge on any atom is 0.164 e. The van der Waals surface area contributed by atoms with E-state index in [1.54, 1.807) is 6.33 Å². The van der Waals surface area contributed by atoms with E-state index in [9.17, 15) is 9.90 Å². The molecule has 5 nitrogen and oxygen atoms in total. The van der Waals surface area contributed by atoms with Crippen molar-refractivity contribution in [3.05, 3.63) is 96.5 Å². The number of aromatic nitrogens is 3. The Morgan fingerprint density at radius 3 is 2.08 bits per heavy atom. The van der Waals surface area contributed by atoms with Crippen LogP contribution in [0.15, 0.2) is 84.9 Å². The van der Waals surface area contributed by atoms with Gasteiger partial charge in [0.05, 0.1) is 5.52 Å². The van der Waals surface area contributed by atoms with E-state index in [4.69, 9.17) is 4.98 Å². The van der Waals surface area contributed by atoms with Gasteiger partial charge in [-0.05, 0) is 60.9 Å². The van der Waals surface area contributed by atoms with E-state index in [1.165, 1.54) is 38.7 Å². The molecular formula is C44H52IrN3O2-. The van der Waals surface area contributed by atoms with Crippen molar-refractivity contribution < 1.29 is 30.0 Å². The Morgan fingerprint density at radius 2 is 1.46 bits per heavy atom. The number of rotatable bonds is 10. The van der Waals surface area contributed by atoms with Crippen molar-refractivity contribution in [2.24, 2.45) is 23.8 Å². The molecule has 0 amide bonds. The molecule has 0 aliphatic heterocycles. The minimum Gasteiger partial charge on any atom is -0.512 e. The normalized spacial score (nSPS) is 12.4. The average molecular weight is 847 g/mol. The number of benzene rings is 4. The largest absolute Gasteiger partial charge is 0.512 e. The number of allylic oxidation sites excluding steroid dienone is 2. The van der Waals surface area contributed by atoms with Crippen molar-refractivity contribution in [2.45, 2.75) is 87.5 Å². The molecule has 0 atom stereocenters. The van der Waals surface area contributed by atoms with Crippen LogP contribution in [0.1, 0.15) is 86.6 Å². The van der Waals surface area contributed by atoms with Crippen LogP contribution >= 0.6 is 0 Å².